The monoisotopic (exact) mass is 473 g/mol. The number of hydrogen-bond donors (Lipinski definition) is 1. The zero-order chi connectivity index (χ0) is 23.8. The molecule has 0 unspecified atom stereocenters. The minimum absolute atomic E-state index is 0.150. The Balaban J connectivity index is 1.69. The lowest BCUT2D eigenvalue weighted by molar-refractivity contribution is -0.137. The second kappa shape index (κ2) is 11.3. The van der Waals surface area contributed by atoms with Gasteiger partial charge in [-0.2, -0.15) is 5.26 Å². The largest absolute Gasteiger partial charge is 0.493 e. The highest BCUT2D eigenvalue weighted by molar-refractivity contribution is 6.31. The molecule has 1 heterocycles. The number of carbonyl (C=O) groups excluding carboxylic acids is 2. The molecule has 0 aromatic heterocycles. The van der Waals surface area contributed by atoms with E-state index in [9.17, 15) is 19.2 Å². The SMILES string of the molecule is COc1cc(/C=C(\C#N)C(=O)Nc2ccc(F)c(Cl)c2)ccc1OCC(=O)N1CCOCC1. The third-order valence-corrected chi connectivity index (χ3v) is 5.05. The van der Waals surface area contributed by atoms with Gasteiger partial charge in [-0.1, -0.05) is 17.7 Å². The van der Waals surface area contributed by atoms with Crippen LogP contribution in [0.3, 0.4) is 0 Å². The van der Waals surface area contributed by atoms with Crippen molar-refractivity contribution in [2.45, 2.75) is 0 Å². The summed E-state index contributed by atoms with van der Waals surface area (Å²) < 4.78 is 29.5. The van der Waals surface area contributed by atoms with E-state index in [4.69, 9.17) is 25.8 Å². The molecule has 1 saturated heterocycles. The molecule has 0 atom stereocenters. The van der Waals surface area contributed by atoms with Gasteiger partial charge in [-0.05, 0) is 42.0 Å². The Kier molecular flexibility index (Phi) is 8.24. The van der Waals surface area contributed by atoms with Crippen LogP contribution < -0.4 is 14.8 Å². The summed E-state index contributed by atoms with van der Waals surface area (Å²) in [7, 11) is 1.44. The number of rotatable bonds is 7. The number of morpholine rings is 1. The second-order valence-corrected chi connectivity index (χ2v) is 7.35. The Morgan fingerprint density at radius 2 is 2.00 bits per heavy atom. The molecule has 8 nitrogen and oxygen atoms in total. The van der Waals surface area contributed by atoms with Gasteiger partial charge in [0.15, 0.2) is 18.1 Å². The molecule has 3 rings (SSSR count). The molecule has 2 amide bonds. The normalized spacial score (nSPS) is 13.8. The van der Waals surface area contributed by atoms with Crippen molar-refractivity contribution in [3.05, 3.63) is 58.4 Å². The molecule has 0 radical (unpaired) electrons. The van der Waals surface area contributed by atoms with Gasteiger partial charge in [0.25, 0.3) is 11.8 Å². The summed E-state index contributed by atoms with van der Waals surface area (Å²) in [6.07, 6.45) is 1.37. The fourth-order valence-electron chi connectivity index (χ4n) is 3.02. The number of hydrogen-bond acceptors (Lipinski definition) is 6. The van der Waals surface area contributed by atoms with Gasteiger partial charge in [0.05, 0.1) is 25.3 Å². The average Bonchev–Trinajstić information content (AvgIpc) is 2.84. The van der Waals surface area contributed by atoms with Gasteiger partial charge >= 0.3 is 0 Å². The van der Waals surface area contributed by atoms with E-state index in [1.54, 1.807) is 23.1 Å². The van der Waals surface area contributed by atoms with Crippen LogP contribution in [-0.2, 0) is 14.3 Å². The molecule has 0 saturated carbocycles. The van der Waals surface area contributed by atoms with E-state index in [1.807, 2.05) is 6.07 Å². The summed E-state index contributed by atoms with van der Waals surface area (Å²) in [4.78, 5) is 26.4. The number of amides is 2. The van der Waals surface area contributed by atoms with Crippen LogP contribution in [0.5, 0.6) is 11.5 Å². The van der Waals surface area contributed by atoms with Gasteiger partial charge in [0.2, 0.25) is 0 Å². The van der Waals surface area contributed by atoms with Crippen LogP contribution in [0.15, 0.2) is 42.0 Å². The summed E-state index contributed by atoms with van der Waals surface area (Å²) in [6.45, 7) is 1.88. The highest BCUT2D eigenvalue weighted by Gasteiger charge is 2.18. The fraction of sp³-hybridized carbons (Fsp3) is 0.261. The van der Waals surface area contributed by atoms with Crippen LogP contribution in [0.1, 0.15) is 5.56 Å². The zero-order valence-electron chi connectivity index (χ0n) is 17.8. The van der Waals surface area contributed by atoms with Crippen LogP contribution in [0.4, 0.5) is 10.1 Å². The first-order chi connectivity index (χ1) is 15.9. The summed E-state index contributed by atoms with van der Waals surface area (Å²) in [6, 6.07) is 10.3. The van der Waals surface area contributed by atoms with E-state index < -0.39 is 11.7 Å². The number of benzene rings is 2. The number of methoxy groups -OCH3 is 1. The summed E-state index contributed by atoms with van der Waals surface area (Å²) in [5.74, 6) is -0.780. The van der Waals surface area contributed by atoms with Crippen LogP contribution in [-0.4, -0.2) is 56.7 Å². The second-order valence-electron chi connectivity index (χ2n) is 6.94. The van der Waals surface area contributed by atoms with Gasteiger partial charge in [0, 0.05) is 18.8 Å². The van der Waals surface area contributed by atoms with Crippen molar-refractivity contribution < 1.29 is 28.2 Å². The smallest absolute Gasteiger partial charge is 0.266 e. The number of nitrogens with zero attached hydrogens (tertiary/aromatic N) is 2. The van der Waals surface area contributed by atoms with Crippen LogP contribution in [0.2, 0.25) is 5.02 Å². The number of carbonyl (C=O) groups is 2. The highest BCUT2D eigenvalue weighted by Crippen LogP contribution is 2.29. The van der Waals surface area contributed by atoms with Gasteiger partial charge < -0.3 is 24.4 Å². The number of anilines is 1. The molecule has 33 heavy (non-hydrogen) atoms. The molecule has 1 N–H and O–H groups in total. The lowest BCUT2D eigenvalue weighted by atomic mass is 10.1. The van der Waals surface area contributed by atoms with Crippen LogP contribution in [0, 0.1) is 17.1 Å². The molecule has 1 aliphatic rings. The van der Waals surface area contributed by atoms with E-state index >= 15 is 0 Å². The van der Waals surface area contributed by atoms with Crippen molar-refractivity contribution in [2.75, 3.05) is 45.3 Å². The number of halogens is 2. The summed E-state index contributed by atoms with van der Waals surface area (Å²) in [5, 5.41) is 11.8. The minimum atomic E-state index is -0.685. The zero-order valence-corrected chi connectivity index (χ0v) is 18.5. The number of nitrogens with one attached hydrogen (secondary N) is 1. The minimum Gasteiger partial charge on any atom is -0.493 e. The first-order valence-corrected chi connectivity index (χ1v) is 10.3. The van der Waals surface area contributed by atoms with Gasteiger partial charge in [-0.25, -0.2) is 4.39 Å². The van der Waals surface area contributed by atoms with Gasteiger partial charge in [-0.3, -0.25) is 9.59 Å². The molecular weight excluding hydrogens is 453 g/mol. The third kappa shape index (κ3) is 6.44. The Hall–Kier alpha value is -3.61. The predicted molar refractivity (Wildman–Crippen MR) is 120 cm³/mol. The predicted octanol–water partition coefficient (Wildman–Crippen LogP) is 3.27. The molecule has 10 heteroatoms. The molecule has 172 valence electrons. The molecule has 0 aliphatic carbocycles. The van der Waals surface area contributed by atoms with Crippen molar-refractivity contribution in [3.63, 3.8) is 0 Å². The molecule has 2 aromatic rings. The Morgan fingerprint density at radius 1 is 1.24 bits per heavy atom. The standard InChI is InChI=1S/C23H21ClFN3O5/c1-31-21-11-15(2-5-20(21)33-14-22(29)28-6-8-32-9-7-28)10-16(13-26)23(30)27-17-3-4-19(25)18(24)12-17/h2-5,10-12H,6-9,14H2,1H3,(H,27,30)/b16-10+. The third-order valence-electron chi connectivity index (χ3n) is 4.76. The molecule has 1 aliphatic heterocycles. The summed E-state index contributed by atoms with van der Waals surface area (Å²) >= 11 is 5.72. The molecule has 0 bridgehead atoms. The Labute approximate surface area is 195 Å². The van der Waals surface area contributed by atoms with E-state index in [0.717, 1.165) is 6.07 Å². The van der Waals surface area contributed by atoms with Crippen molar-refractivity contribution in [1.29, 1.82) is 5.26 Å². The maximum atomic E-state index is 13.3. The number of ether oxygens (including phenoxy) is 3. The fourth-order valence-corrected chi connectivity index (χ4v) is 3.20. The van der Waals surface area contributed by atoms with E-state index in [1.165, 1.54) is 25.3 Å². The maximum Gasteiger partial charge on any atom is 0.266 e. The quantitative estimate of drug-likeness (QED) is 0.489. The molecule has 0 spiro atoms. The van der Waals surface area contributed by atoms with Gasteiger partial charge in [-0.15, -0.1) is 0 Å². The van der Waals surface area contributed by atoms with Gasteiger partial charge in [0.1, 0.15) is 17.5 Å². The first-order valence-electron chi connectivity index (χ1n) is 9.96. The number of nitriles is 1. The topological polar surface area (TPSA) is 101 Å². The van der Waals surface area contributed by atoms with E-state index in [0.29, 0.717) is 43.4 Å². The average molecular weight is 474 g/mol. The van der Waals surface area contributed by atoms with Crippen LogP contribution >= 0.6 is 11.6 Å². The first kappa shape index (κ1) is 24.0. The van der Waals surface area contributed by atoms with Crippen molar-refractivity contribution in [1.82, 2.24) is 4.90 Å². The van der Waals surface area contributed by atoms with Crippen molar-refractivity contribution in [3.8, 4) is 17.6 Å². The maximum absolute atomic E-state index is 13.3. The Bertz CT molecular complexity index is 1110. The molecule has 2 aromatic carbocycles. The van der Waals surface area contributed by atoms with E-state index in [2.05, 4.69) is 5.32 Å². The molecule has 1 fully saturated rings. The lowest BCUT2D eigenvalue weighted by Crippen LogP contribution is -2.43. The Morgan fingerprint density at radius 3 is 2.67 bits per heavy atom. The van der Waals surface area contributed by atoms with Crippen molar-refractivity contribution in [2.24, 2.45) is 0 Å². The lowest BCUT2D eigenvalue weighted by Gasteiger charge is -2.26. The van der Waals surface area contributed by atoms with Crippen LogP contribution in [0.25, 0.3) is 6.08 Å². The highest BCUT2D eigenvalue weighted by atomic mass is 35.5. The van der Waals surface area contributed by atoms with E-state index in [-0.39, 0.29) is 28.8 Å². The van der Waals surface area contributed by atoms with Crippen molar-refractivity contribution >= 4 is 35.2 Å². The molecular formula is C23H21ClFN3O5. The summed E-state index contributed by atoms with van der Waals surface area (Å²) in [5.41, 5.74) is 0.565.